The van der Waals surface area contributed by atoms with E-state index in [1.165, 1.54) is 6.92 Å². The Balaban J connectivity index is 2.10. The van der Waals surface area contributed by atoms with Gasteiger partial charge < -0.3 is 15.4 Å². The molecule has 2 rings (SSSR count). The minimum absolute atomic E-state index is 0.0874. The van der Waals surface area contributed by atoms with Crippen LogP contribution >= 0.6 is 0 Å². The van der Waals surface area contributed by atoms with Gasteiger partial charge in [-0.2, -0.15) is 0 Å². The zero-order valence-electron chi connectivity index (χ0n) is 14.3. The standard InChI is InChI=1S/C19H22N2O3/c1-12(2)24-17-9-6-15(7-10-17)19(23)21-16-8-5-13(3)18(11-16)20-14(4)22/h5-12H,1-4H3,(H,20,22)(H,21,23). The molecule has 2 aromatic carbocycles. The third-order valence-electron chi connectivity index (χ3n) is 3.29. The summed E-state index contributed by atoms with van der Waals surface area (Å²) < 4.78 is 5.56. The van der Waals surface area contributed by atoms with Crippen LogP contribution in [0, 0.1) is 6.92 Å². The first-order chi connectivity index (χ1) is 11.3. The van der Waals surface area contributed by atoms with E-state index < -0.39 is 0 Å². The fourth-order valence-corrected chi connectivity index (χ4v) is 2.18. The second kappa shape index (κ2) is 7.64. The second-order valence-corrected chi connectivity index (χ2v) is 5.86. The molecular formula is C19H22N2O3. The summed E-state index contributed by atoms with van der Waals surface area (Å²) in [4.78, 5) is 23.5. The van der Waals surface area contributed by atoms with Crippen molar-refractivity contribution in [1.29, 1.82) is 0 Å². The summed E-state index contributed by atoms with van der Waals surface area (Å²) in [5.74, 6) is 0.357. The monoisotopic (exact) mass is 326 g/mol. The summed E-state index contributed by atoms with van der Waals surface area (Å²) in [5, 5.41) is 5.57. The van der Waals surface area contributed by atoms with Crippen molar-refractivity contribution in [2.75, 3.05) is 10.6 Å². The third kappa shape index (κ3) is 4.84. The number of hydrogen-bond donors (Lipinski definition) is 2. The van der Waals surface area contributed by atoms with Crippen molar-refractivity contribution < 1.29 is 14.3 Å². The van der Waals surface area contributed by atoms with Gasteiger partial charge in [-0.1, -0.05) is 6.07 Å². The summed E-state index contributed by atoms with van der Waals surface area (Å²) in [5.41, 5.74) is 2.77. The molecule has 2 N–H and O–H groups in total. The van der Waals surface area contributed by atoms with Crippen molar-refractivity contribution in [2.24, 2.45) is 0 Å². The second-order valence-electron chi connectivity index (χ2n) is 5.86. The molecule has 24 heavy (non-hydrogen) atoms. The molecule has 0 fully saturated rings. The van der Waals surface area contributed by atoms with Crippen LogP contribution in [0.15, 0.2) is 42.5 Å². The third-order valence-corrected chi connectivity index (χ3v) is 3.29. The van der Waals surface area contributed by atoms with Crippen molar-refractivity contribution in [1.82, 2.24) is 0 Å². The maximum Gasteiger partial charge on any atom is 0.255 e. The first-order valence-electron chi connectivity index (χ1n) is 7.81. The number of carbonyl (C=O) groups is 2. The van der Waals surface area contributed by atoms with Crippen molar-refractivity contribution in [3.8, 4) is 5.75 Å². The molecule has 0 aliphatic rings. The summed E-state index contributed by atoms with van der Waals surface area (Å²) >= 11 is 0. The van der Waals surface area contributed by atoms with Crippen LogP contribution in [0.3, 0.4) is 0 Å². The number of nitrogens with one attached hydrogen (secondary N) is 2. The lowest BCUT2D eigenvalue weighted by molar-refractivity contribution is -0.114. The highest BCUT2D eigenvalue weighted by atomic mass is 16.5. The van der Waals surface area contributed by atoms with E-state index in [-0.39, 0.29) is 17.9 Å². The van der Waals surface area contributed by atoms with Crippen molar-refractivity contribution in [2.45, 2.75) is 33.8 Å². The Morgan fingerprint density at radius 3 is 2.25 bits per heavy atom. The molecule has 0 radical (unpaired) electrons. The van der Waals surface area contributed by atoms with E-state index >= 15 is 0 Å². The molecule has 0 aliphatic carbocycles. The van der Waals surface area contributed by atoms with Crippen LogP contribution in [-0.2, 0) is 4.79 Å². The zero-order chi connectivity index (χ0) is 17.7. The Hall–Kier alpha value is -2.82. The van der Waals surface area contributed by atoms with Crippen LogP contribution in [0.2, 0.25) is 0 Å². The van der Waals surface area contributed by atoms with Crippen LogP contribution in [0.4, 0.5) is 11.4 Å². The Morgan fingerprint density at radius 1 is 1.00 bits per heavy atom. The first kappa shape index (κ1) is 17.5. The number of carbonyl (C=O) groups excluding carboxylic acids is 2. The largest absolute Gasteiger partial charge is 0.491 e. The molecular weight excluding hydrogens is 304 g/mol. The normalized spacial score (nSPS) is 10.4. The zero-order valence-corrected chi connectivity index (χ0v) is 14.3. The molecule has 0 bridgehead atoms. The minimum Gasteiger partial charge on any atom is -0.491 e. The Morgan fingerprint density at radius 2 is 1.67 bits per heavy atom. The Labute approximate surface area is 142 Å². The summed E-state index contributed by atoms with van der Waals surface area (Å²) in [6, 6.07) is 12.4. The summed E-state index contributed by atoms with van der Waals surface area (Å²) in [6.45, 7) is 7.24. The van der Waals surface area contributed by atoms with Crippen molar-refractivity contribution >= 4 is 23.2 Å². The molecule has 0 saturated carbocycles. The molecule has 2 aromatic rings. The van der Waals surface area contributed by atoms with Gasteiger partial charge in [0.15, 0.2) is 0 Å². The van der Waals surface area contributed by atoms with Crippen molar-refractivity contribution in [3.63, 3.8) is 0 Å². The highest BCUT2D eigenvalue weighted by Gasteiger charge is 2.09. The SMILES string of the molecule is CC(=O)Nc1cc(NC(=O)c2ccc(OC(C)C)cc2)ccc1C. The van der Waals surface area contributed by atoms with Crippen LogP contribution in [0.25, 0.3) is 0 Å². The van der Waals surface area contributed by atoms with Gasteiger partial charge >= 0.3 is 0 Å². The summed E-state index contributed by atoms with van der Waals surface area (Å²) in [6.07, 6.45) is 0.0874. The topological polar surface area (TPSA) is 67.4 Å². The molecule has 126 valence electrons. The molecule has 0 heterocycles. The highest BCUT2D eigenvalue weighted by molar-refractivity contribution is 6.04. The number of aryl methyl sites for hydroxylation is 1. The van der Waals surface area contributed by atoms with E-state index in [0.717, 1.165) is 11.3 Å². The van der Waals surface area contributed by atoms with Gasteiger partial charge in [-0.05, 0) is 62.7 Å². The van der Waals surface area contributed by atoms with Gasteiger partial charge in [-0.3, -0.25) is 9.59 Å². The molecule has 2 amide bonds. The smallest absolute Gasteiger partial charge is 0.255 e. The number of amides is 2. The Bertz CT molecular complexity index is 737. The maximum absolute atomic E-state index is 12.3. The average molecular weight is 326 g/mol. The number of hydrogen-bond acceptors (Lipinski definition) is 3. The minimum atomic E-state index is -0.219. The fourth-order valence-electron chi connectivity index (χ4n) is 2.18. The number of rotatable bonds is 5. The molecule has 0 aromatic heterocycles. The van der Waals surface area contributed by atoms with Gasteiger partial charge in [-0.15, -0.1) is 0 Å². The van der Waals surface area contributed by atoms with Crippen LogP contribution in [0.1, 0.15) is 36.7 Å². The molecule has 5 nitrogen and oxygen atoms in total. The lowest BCUT2D eigenvalue weighted by Gasteiger charge is -2.12. The van der Waals surface area contributed by atoms with Gasteiger partial charge in [0.1, 0.15) is 5.75 Å². The van der Waals surface area contributed by atoms with Gasteiger partial charge in [0.25, 0.3) is 5.91 Å². The van der Waals surface area contributed by atoms with E-state index in [1.54, 1.807) is 36.4 Å². The van der Waals surface area contributed by atoms with Gasteiger partial charge in [0.2, 0.25) is 5.91 Å². The lowest BCUT2D eigenvalue weighted by atomic mass is 10.1. The average Bonchev–Trinajstić information content (AvgIpc) is 2.50. The molecule has 0 saturated heterocycles. The highest BCUT2D eigenvalue weighted by Crippen LogP contribution is 2.21. The molecule has 0 unspecified atom stereocenters. The molecule has 0 atom stereocenters. The number of benzene rings is 2. The van der Waals surface area contributed by atoms with Gasteiger partial charge in [0.05, 0.1) is 6.10 Å². The van der Waals surface area contributed by atoms with E-state index in [0.29, 0.717) is 16.9 Å². The number of anilines is 2. The van der Waals surface area contributed by atoms with Crippen LogP contribution < -0.4 is 15.4 Å². The van der Waals surface area contributed by atoms with E-state index in [4.69, 9.17) is 4.74 Å². The predicted molar refractivity (Wildman–Crippen MR) is 95.6 cm³/mol. The van der Waals surface area contributed by atoms with E-state index in [1.807, 2.05) is 26.8 Å². The quantitative estimate of drug-likeness (QED) is 0.873. The molecule has 0 aliphatic heterocycles. The molecule has 5 heteroatoms. The predicted octanol–water partition coefficient (Wildman–Crippen LogP) is 3.99. The van der Waals surface area contributed by atoms with Crippen molar-refractivity contribution in [3.05, 3.63) is 53.6 Å². The maximum atomic E-state index is 12.3. The van der Waals surface area contributed by atoms with E-state index in [9.17, 15) is 9.59 Å². The lowest BCUT2D eigenvalue weighted by Crippen LogP contribution is -2.13. The first-order valence-corrected chi connectivity index (χ1v) is 7.81. The van der Waals surface area contributed by atoms with Crippen LogP contribution in [-0.4, -0.2) is 17.9 Å². The number of ether oxygens (including phenoxy) is 1. The van der Waals surface area contributed by atoms with Gasteiger partial charge in [0, 0.05) is 23.9 Å². The Kier molecular flexibility index (Phi) is 5.58. The van der Waals surface area contributed by atoms with Gasteiger partial charge in [-0.25, -0.2) is 0 Å². The molecule has 0 spiro atoms. The van der Waals surface area contributed by atoms with Crippen LogP contribution in [0.5, 0.6) is 5.75 Å². The summed E-state index contributed by atoms with van der Waals surface area (Å²) in [7, 11) is 0. The fraction of sp³-hybridized carbons (Fsp3) is 0.263. The van der Waals surface area contributed by atoms with E-state index in [2.05, 4.69) is 10.6 Å².